The second kappa shape index (κ2) is 3.61. The second-order valence-electron chi connectivity index (χ2n) is 3.01. The number of anilines is 1. The first kappa shape index (κ1) is 8.93. The van der Waals surface area contributed by atoms with E-state index < -0.39 is 0 Å². The summed E-state index contributed by atoms with van der Waals surface area (Å²) in [4.78, 5) is 4.17. The van der Waals surface area contributed by atoms with Crippen LogP contribution in [-0.4, -0.2) is 21.1 Å². The number of aromatic nitrogens is 3. The molecule has 2 heterocycles. The van der Waals surface area contributed by atoms with Crippen molar-refractivity contribution in [2.24, 2.45) is 0 Å². The van der Waals surface area contributed by atoms with Crippen LogP contribution in [0.3, 0.4) is 0 Å². The van der Waals surface area contributed by atoms with Crippen LogP contribution in [0.4, 0.5) is 10.3 Å². The third kappa shape index (κ3) is 1.66. The quantitative estimate of drug-likeness (QED) is 0.808. The molecule has 0 radical (unpaired) electrons. The lowest BCUT2D eigenvalue weighted by molar-refractivity contribution is 0.615. The number of nitrogens with one attached hydrogen (secondary N) is 1. The highest BCUT2D eigenvalue weighted by Crippen LogP contribution is 2.06. The first-order chi connectivity index (χ1) is 6.79. The molecule has 0 aliphatic carbocycles. The van der Waals surface area contributed by atoms with Crippen molar-refractivity contribution < 1.29 is 4.39 Å². The molecule has 2 aromatic rings. The Bertz CT molecular complexity index is 437. The number of pyridine rings is 1. The topological polar surface area (TPSA) is 42.2 Å². The smallest absolute Gasteiger partial charge is 0.243 e. The van der Waals surface area contributed by atoms with Crippen LogP contribution in [0.5, 0.6) is 0 Å². The van der Waals surface area contributed by atoms with Gasteiger partial charge in [0.25, 0.3) is 0 Å². The molecule has 5 heteroatoms. The van der Waals surface area contributed by atoms with Crippen molar-refractivity contribution in [3.05, 3.63) is 24.1 Å². The molecule has 0 saturated heterocycles. The van der Waals surface area contributed by atoms with E-state index in [0.717, 1.165) is 13.0 Å². The molecular weight excluding hydrogens is 183 g/mol. The van der Waals surface area contributed by atoms with Gasteiger partial charge in [0.1, 0.15) is 5.82 Å². The fourth-order valence-electron chi connectivity index (χ4n) is 1.17. The monoisotopic (exact) mass is 194 g/mol. The van der Waals surface area contributed by atoms with Crippen LogP contribution < -0.4 is 5.32 Å². The lowest BCUT2D eigenvalue weighted by atomic mass is 10.5. The molecule has 0 atom stereocenters. The van der Waals surface area contributed by atoms with Crippen LogP contribution in [0.1, 0.15) is 13.3 Å². The van der Waals surface area contributed by atoms with E-state index in [1.165, 1.54) is 16.8 Å². The third-order valence-electron chi connectivity index (χ3n) is 1.83. The van der Waals surface area contributed by atoms with Gasteiger partial charge < -0.3 is 5.32 Å². The van der Waals surface area contributed by atoms with Gasteiger partial charge in [-0.15, -0.1) is 5.10 Å². The summed E-state index contributed by atoms with van der Waals surface area (Å²) in [6, 6.07) is 2.97. The van der Waals surface area contributed by atoms with Crippen molar-refractivity contribution in [2.75, 3.05) is 11.9 Å². The first-order valence-electron chi connectivity index (χ1n) is 4.55. The Morgan fingerprint density at radius 3 is 3.14 bits per heavy atom. The van der Waals surface area contributed by atoms with Crippen LogP contribution in [0.15, 0.2) is 18.3 Å². The Kier molecular flexibility index (Phi) is 2.30. The summed E-state index contributed by atoms with van der Waals surface area (Å²) in [5.41, 5.74) is 0.644. The average molecular weight is 194 g/mol. The van der Waals surface area contributed by atoms with Crippen molar-refractivity contribution in [2.45, 2.75) is 13.3 Å². The maximum atomic E-state index is 12.8. The molecule has 0 unspecified atom stereocenters. The average Bonchev–Trinajstić information content (AvgIpc) is 2.56. The Morgan fingerprint density at radius 2 is 2.36 bits per heavy atom. The molecule has 14 heavy (non-hydrogen) atoms. The lowest BCUT2D eigenvalue weighted by Crippen LogP contribution is -2.01. The van der Waals surface area contributed by atoms with Crippen LogP contribution in [0.25, 0.3) is 5.65 Å². The molecule has 2 rings (SSSR count). The minimum absolute atomic E-state index is 0.315. The van der Waals surface area contributed by atoms with Gasteiger partial charge in [-0.25, -0.2) is 8.91 Å². The molecule has 0 spiro atoms. The maximum Gasteiger partial charge on any atom is 0.243 e. The fourth-order valence-corrected chi connectivity index (χ4v) is 1.17. The Labute approximate surface area is 80.8 Å². The van der Waals surface area contributed by atoms with Gasteiger partial charge in [0.05, 0.1) is 6.20 Å². The molecule has 0 bridgehead atoms. The minimum Gasteiger partial charge on any atom is -0.353 e. The predicted octanol–water partition coefficient (Wildman–Crippen LogP) is 1.69. The van der Waals surface area contributed by atoms with Crippen molar-refractivity contribution in [1.29, 1.82) is 0 Å². The summed E-state index contributed by atoms with van der Waals surface area (Å²) >= 11 is 0. The number of fused-ring (bicyclic) bond motifs is 1. The van der Waals surface area contributed by atoms with Crippen molar-refractivity contribution in [3.63, 3.8) is 0 Å². The molecular formula is C9H11FN4. The largest absolute Gasteiger partial charge is 0.353 e. The van der Waals surface area contributed by atoms with Gasteiger partial charge in [0, 0.05) is 6.54 Å². The molecule has 4 nitrogen and oxygen atoms in total. The van der Waals surface area contributed by atoms with Gasteiger partial charge in [0.2, 0.25) is 5.95 Å². The summed E-state index contributed by atoms with van der Waals surface area (Å²) in [6.45, 7) is 2.88. The fraction of sp³-hybridized carbons (Fsp3) is 0.333. The van der Waals surface area contributed by atoms with Gasteiger partial charge in [-0.05, 0) is 18.6 Å². The SMILES string of the molecule is CCCNc1nc2ccc(F)cn2n1. The van der Waals surface area contributed by atoms with E-state index in [2.05, 4.69) is 22.3 Å². The highest BCUT2D eigenvalue weighted by molar-refractivity contribution is 5.42. The zero-order valence-corrected chi connectivity index (χ0v) is 7.87. The number of hydrogen-bond donors (Lipinski definition) is 1. The van der Waals surface area contributed by atoms with E-state index in [1.54, 1.807) is 6.07 Å². The molecule has 0 aliphatic rings. The number of rotatable bonds is 3. The summed E-state index contributed by atoms with van der Waals surface area (Å²) in [6.07, 6.45) is 2.31. The van der Waals surface area contributed by atoms with Gasteiger partial charge in [0.15, 0.2) is 5.65 Å². The van der Waals surface area contributed by atoms with Crippen LogP contribution in [0, 0.1) is 5.82 Å². The highest BCUT2D eigenvalue weighted by Gasteiger charge is 2.02. The molecule has 0 fully saturated rings. The number of hydrogen-bond acceptors (Lipinski definition) is 3. The molecule has 2 aromatic heterocycles. The number of halogens is 1. The second-order valence-corrected chi connectivity index (χ2v) is 3.01. The van der Waals surface area contributed by atoms with Crippen molar-refractivity contribution in [3.8, 4) is 0 Å². The number of nitrogens with zero attached hydrogens (tertiary/aromatic N) is 3. The normalized spacial score (nSPS) is 10.7. The summed E-state index contributed by atoms with van der Waals surface area (Å²) in [5, 5.41) is 7.10. The van der Waals surface area contributed by atoms with E-state index in [-0.39, 0.29) is 5.82 Å². The van der Waals surface area contributed by atoms with E-state index in [1.807, 2.05) is 0 Å². The molecule has 74 valence electrons. The van der Waals surface area contributed by atoms with Gasteiger partial charge in [-0.1, -0.05) is 6.92 Å². The summed E-state index contributed by atoms with van der Waals surface area (Å²) < 4.78 is 14.2. The van der Waals surface area contributed by atoms with Crippen molar-refractivity contribution >= 4 is 11.6 Å². The standard InChI is InChI=1S/C9H11FN4/c1-2-5-11-9-12-8-4-3-7(10)6-14(8)13-9/h3-4,6H,2,5H2,1H3,(H,11,13). The first-order valence-corrected chi connectivity index (χ1v) is 4.55. The van der Waals surface area contributed by atoms with Gasteiger partial charge in [-0.3, -0.25) is 0 Å². The van der Waals surface area contributed by atoms with Gasteiger partial charge >= 0.3 is 0 Å². The molecule has 0 aromatic carbocycles. The highest BCUT2D eigenvalue weighted by atomic mass is 19.1. The minimum atomic E-state index is -0.315. The Hall–Kier alpha value is -1.65. The summed E-state index contributed by atoms with van der Waals surface area (Å²) in [5.74, 6) is 0.224. The predicted molar refractivity (Wildman–Crippen MR) is 51.7 cm³/mol. The molecule has 0 amide bonds. The summed E-state index contributed by atoms with van der Waals surface area (Å²) in [7, 11) is 0. The molecule has 1 N–H and O–H groups in total. The van der Waals surface area contributed by atoms with E-state index in [0.29, 0.717) is 11.6 Å². The van der Waals surface area contributed by atoms with Crippen molar-refractivity contribution in [1.82, 2.24) is 14.6 Å². The maximum absolute atomic E-state index is 12.8. The molecule has 0 aliphatic heterocycles. The van der Waals surface area contributed by atoms with Crippen LogP contribution in [-0.2, 0) is 0 Å². The van der Waals surface area contributed by atoms with Crippen LogP contribution >= 0.6 is 0 Å². The third-order valence-corrected chi connectivity index (χ3v) is 1.83. The molecule has 0 saturated carbocycles. The Balaban J connectivity index is 2.32. The zero-order chi connectivity index (χ0) is 9.97. The van der Waals surface area contributed by atoms with E-state index >= 15 is 0 Å². The van der Waals surface area contributed by atoms with E-state index in [9.17, 15) is 4.39 Å². The van der Waals surface area contributed by atoms with E-state index in [4.69, 9.17) is 0 Å². The van der Waals surface area contributed by atoms with Crippen LogP contribution in [0.2, 0.25) is 0 Å². The lowest BCUT2D eigenvalue weighted by Gasteiger charge is -1.94. The van der Waals surface area contributed by atoms with Gasteiger partial charge in [-0.2, -0.15) is 4.98 Å². The zero-order valence-electron chi connectivity index (χ0n) is 7.87. The Morgan fingerprint density at radius 1 is 1.50 bits per heavy atom.